The van der Waals surface area contributed by atoms with Crippen LogP contribution in [0.15, 0.2) is 0 Å². The van der Waals surface area contributed by atoms with Gasteiger partial charge in [0.2, 0.25) is 11.8 Å². The minimum atomic E-state index is -0.446. The molecule has 1 saturated heterocycles. The van der Waals surface area contributed by atoms with Crippen molar-refractivity contribution in [2.24, 2.45) is 0 Å². The van der Waals surface area contributed by atoms with Crippen LogP contribution in [0.25, 0.3) is 0 Å². The van der Waals surface area contributed by atoms with Crippen LogP contribution in [0.3, 0.4) is 0 Å². The monoisotopic (exact) mass is 270 g/mol. The number of esters is 1. The van der Waals surface area contributed by atoms with Crippen molar-refractivity contribution in [1.82, 2.24) is 9.80 Å². The maximum Gasteiger partial charge on any atom is 0.325 e. The van der Waals surface area contributed by atoms with Gasteiger partial charge in [-0.2, -0.15) is 0 Å². The number of carbonyl (C=O) groups excluding carboxylic acids is 3. The molecule has 6 heteroatoms. The van der Waals surface area contributed by atoms with Crippen LogP contribution in [-0.4, -0.2) is 60.4 Å². The molecule has 1 heterocycles. The highest BCUT2D eigenvalue weighted by Gasteiger charge is 2.30. The maximum atomic E-state index is 11.8. The number of nitrogens with zero attached hydrogens (tertiary/aromatic N) is 2. The van der Waals surface area contributed by atoms with Crippen LogP contribution in [0.2, 0.25) is 0 Å². The first kappa shape index (κ1) is 15.5. The minimum Gasteiger partial charge on any atom is -0.464 e. The average Bonchev–Trinajstić information content (AvgIpc) is 2.36. The molecule has 1 aliphatic rings. The van der Waals surface area contributed by atoms with Gasteiger partial charge in [-0.1, -0.05) is 20.3 Å². The molecule has 0 saturated carbocycles. The molecule has 0 aliphatic carbocycles. The second kappa shape index (κ2) is 7.76. The predicted octanol–water partition coefficient (Wildman–Crippen LogP) is 0.410. The quantitative estimate of drug-likeness (QED) is 0.496. The Morgan fingerprint density at radius 3 is 2.37 bits per heavy atom. The zero-order chi connectivity index (χ0) is 14.3. The van der Waals surface area contributed by atoms with Gasteiger partial charge in [0.15, 0.2) is 0 Å². The van der Waals surface area contributed by atoms with Crippen LogP contribution in [-0.2, 0) is 19.1 Å². The first-order valence-electron chi connectivity index (χ1n) is 6.79. The van der Waals surface area contributed by atoms with Crippen molar-refractivity contribution in [2.75, 3.05) is 32.8 Å². The standard InChI is InChI=1S/C13H22N2O4/c1-3-5-7-19-13(18)10-15-9-11(16)14(6-4-2)8-12(15)17/h3-10H2,1-2H3. The van der Waals surface area contributed by atoms with Gasteiger partial charge in [-0.25, -0.2) is 0 Å². The molecule has 1 fully saturated rings. The molecule has 0 unspecified atom stereocenters. The summed E-state index contributed by atoms with van der Waals surface area (Å²) in [4.78, 5) is 37.9. The molecule has 0 radical (unpaired) electrons. The zero-order valence-electron chi connectivity index (χ0n) is 11.7. The van der Waals surface area contributed by atoms with Crippen LogP contribution in [0.4, 0.5) is 0 Å². The van der Waals surface area contributed by atoms with E-state index < -0.39 is 5.97 Å². The molecule has 19 heavy (non-hydrogen) atoms. The summed E-state index contributed by atoms with van der Waals surface area (Å²) in [5.74, 6) is -0.748. The number of ether oxygens (including phenoxy) is 1. The highest BCUT2D eigenvalue weighted by molar-refractivity contribution is 5.94. The molecule has 2 amide bonds. The van der Waals surface area contributed by atoms with Crippen LogP contribution in [0.5, 0.6) is 0 Å². The molecular formula is C13H22N2O4. The maximum absolute atomic E-state index is 11.8. The van der Waals surface area contributed by atoms with E-state index in [0.717, 1.165) is 19.3 Å². The summed E-state index contributed by atoms with van der Waals surface area (Å²) in [5.41, 5.74) is 0. The molecule has 0 aromatic rings. The van der Waals surface area contributed by atoms with Crippen molar-refractivity contribution in [1.29, 1.82) is 0 Å². The van der Waals surface area contributed by atoms with E-state index >= 15 is 0 Å². The number of carbonyl (C=O) groups is 3. The van der Waals surface area contributed by atoms with Crippen molar-refractivity contribution in [2.45, 2.75) is 33.1 Å². The van der Waals surface area contributed by atoms with Gasteiger partial charge < -0.3 is 14.5 Å². The Kier molecular flexibility index (Phi) is 6.32. The summed E-state index contributed by atoms with van der Waals surface area (Å²) in [6.45, 7) is 4.82. The number of amides is 2. The highest BCUT2D eigenvalue weighted by atomic mass is 16.5. The Balaban J connectivity index is 2.41. The predicted molar refractivity (Wildman–Crippen MR) is 69.3 cm³/mol. The van der Waals surface area contributed by atoms with Gasteiger partial charge >= 0.3 is 5.97 Å². The number of piperazine rings is 1. The van der Waals surface area contributed by atoms with Crippen molar-refractivity contribution in [3.05, 3.63) is 0 Å². The molecule has 0 aromatic carbocycles. The topological polar surface area (TPSA) is 66.9 Å². The van der Waals surface area contributed by atoms with Gasteiger partial charge in [0.05, 0.1) is 13.2 Å². The van der Waals surface area contributed by atoms with E-state index in [1.807, 2.05) is 13.8 Å². The molecule has 1 rings (SSSR count). The van der Waals surface area contributed by atoms with E-state index in [0.29, 0.717) is 13.2 Å². The molecule has 0 N–H and O–H groups in total. The van der Waals surface area contributed by atoms with E-state index in [4.69, 9.17) is 4.74 Å². The third kappa shape index (κ3) is 4.89. The molecule has 1 aliphatic heterocycles. The smallest absolute Gasteiger partial charge is 0.325 e. The third-order valence-corrected chi connectivity index (χ3v) is 2.93. The lowest BCUT2D eigenvalue weighted by Gasteiger charge is -2.33. The van der Waals surface area contributed by atoms with Gasteiger partial charge in [-0.05, 0) is 12.8 Å². The number of hydrogen-bond acceptors (Lipinski definition) is 4. The van der Waals surface area contributed by atoms with Gasteiger partial charge in [0.25, 0.3) is 0 Å². The van der Waals surface area contributed by atoms with Gasteiger partial charge in [0.1, 0.15) is 13.1 Å². The Hall–Kier alpha value is -1.59. The molecule has 0 bridgehead atoms. The summed E-state index contributed by atoms with van der Waals surface area (Å²) in [6.07, 6.45) is 2.57. The number of unbranched alkanes of at least 4 members (excludes halogenated alkanes) is 1. The normalized spacial score (nSPS) is 15.9. The fraction of sp³-hybridized carbons (Fsp3) is 0.769. The SMILES string of the molecule is CCCCOC(=O)CN1CC(=O)N(CCC)CC1=O. The molecule has 6 nitrogen and oxygen atoms in total. The first-order valence-corrected chi connectivity index (χ1v) is 6.79. The molecule has 108 valence electrons. The number of rotatable bonds is 7. The first-order chi connectivity index (χ1) is 9.08. The molecule has 0 atom stereocenters. The van der Waals surface area contributed by atoms with Crippen molar-refractivity contribution >= 4 is 17.8 Å². The van der Waals surface area contributed by atoms with E-state index in [-0.39, 0.29) is 31.4 Å². The third-order valence-electron chi connectivity index (χ3n) is 2.93. The summed E-state index contributed by atoms with van der Waals surface area (Å²) >= 11 is 0. The Bertz CT molecular complexity index is 344. The Labute approximate surface area is 113 Å². The highest BCUT2D eigenvalue weighted by Crippen LogP contribution is 2.06. The second-order valence-corrected chi connectivity index (χ2v) is 4.64. The van der Waals surface area contributed by atoms with Crippen LogP contribution in [0.1, 0.15) is 33.1 Å². The summed E-state index contributed by atoms with van der Waals surface area (Å²) in [5, 5.41) is 0. The molecule has 0 aromatic heterocycles. The van der Waals surface area contributed by atoms with Gasteiger partial charge in [0, 0.05) is 6.54 Å². The fourth-order valence-corrected chi connectivity index (χ4v) is 1.85. The summed E-state index contributed by atoms with van der Waals surface area (Å²) in [7, 11) is 0. The Morgan fingerprint density at radius 2 is 1.74 bits per heavy atom. The van der Waals surface area contributed by atoms with E-state index in [9.17, 15) is 14.4 Å². The number of hydrogen-bond donors (Lipinski definition) is 0. The minimum absolute atomic E-state index is 0.0261. The van der Waals surface area contributed by atoms with Crippen LogP contribution >= 0.6 is 0 Å². The van der Waals surface area contributed by atoms with E-state index in [2.05, 4.69) is 0 Å². The average molecular weight is 270 g/mol. The van der Waals surface area contributed by atoms with Gasteiger partial charge in [-0.3, -0.25) is 14.4 Å². The molecular weight excluding hydrogens is 248 g/mol. The van der Waals surface area contributed by atoms with E-state index in [1.54, 1.807) is 0 Å². The van der Waals surface area contributed by atoms with Crippen molar-refractivity contribution < 1.29 is 19.1 Å². The second-order valence-electron chi connectivity index (χ2n) is 4.64. The lowest BCUT2D eigenvalue weighted by molar-refractivity contribution is -0.156. The Morgan fingerprint density at radius 1 is 1.11 bits per heavy atom. The van der Waals surface area contributed by atoms with E-state index in [1.165, 1.54) is 9.80 Å². The van der Waals surface area contributed by atoms with Crippen LogP contribution in [0, 0.1) is 0 Å². The largest absolute Gasteiger partial charge is 0.464 e. The summed E-state index contributed by atoms with van der Waals surface area (Å²) < 4.78 is 4.99. The fourth-order valence-electron chi connectivity index (χ4n) is 1.85. The lowest BCUT2D eigenvalue weighted by Crippen LogP contribution is -2.55. The lowest BCUT2D eigenvalue weighted by atomic mass is 10.2. The summed E-state index contributed by atoms with van der Waals surface area (Å²) in [6, 6.07) is 0. The van der Waals surface area contributed by atoms with Crippen LogP contribution < -0.4 is 0 Å². The van der Waals surface area contributed by atoms with Crippen molar-refractivity contribution in [3.63, 3.8) is 0 Å². The molecule has 0 spiro atoms. The van der Waals surface area contributed by atoms with Crippen molar-refractivity contribution in [3.8, 4) is 0 Å². The zero-order valence-corrected chi connectivity index (χ0v) is 11.7. The van der Waals surface area contributed by atoms with Gasteiger partial charge in [-0.15, -0.1) is 0 Å².